The van der Waals surface area contributed by atoms with Crippen LogP contribution in [0.3, 0.4) is 0 Å². The summed E-state index contributed by atoms with van der Waals surface area (Å²) >= 11 is 0. The number of nitrogens with two attached hydrogens (primary N) is 1. The van der Waals surface area contributed by atoms with Crippen LogP contribution in [0.2, 0.25) is 0 Å². The molecule has 1 heterocycles. The van der Waals surface area contributed by atoms with Gasteiger partial charge in [-0.1, -0.05) is 18.2 Å². The predicted molar refractivity (Wildman–Crippen MR) is 75.9 cm³/mol. The maximum Gasteiger partial charge on any atom is 0.221 e. The van der Waals surface area contributed by atoms with Gasteiger partial charge in [0.25, 0.3) is 0 Å². The molecule has 4 heteroatoms. The minimum Gasteiger partial charge on any atom is -0.497 e. The smallest absolute Gasteiger partial charge is 0.221 e. The predicted octanol–water partition coefficient (Wildman–Crippen LogP) is 2.89. The molecule has 0 unspecified atom stereocenters. The number of aromatic nitrogens is 2. The zero-order chi connectivity index (χ0) is 13.2. The van der Waals surface area contributed by atoms with Gasteiger partial charge in [0.05, 0.1) is 18.3 Å². The van der Waals surface area contributed by atoms with E-state index in [4.69, 9.17) is 10.5 Å². The molecule has 0 radical (unpaired) electrons. The summed E-state index contributed by atoms with van der Waals surface area (Å²) in [5, 5.41) is 0.988. The number of ether oxygens (including phenoxy) is 1. The molecular weight excluding hydrogens is 238 g/mol. The largest absolute Gasteiger partial charge is 0.497 e. The number of hydrogen-bond acceptors (Lipinski definition) is 4. The van der Waals surface area contributed by atoms with E-state index in [1.54, 1.807) is 7.11 Å². The van der Waals surface area contributed by atoms with Crippen LogP contribution in [0.1, 0.15) is 0 Å². The van der Waals surface area contributed by atoms with E-state index in [1.165, 1.54) is 0 Å². The van der Waals surface area contributed by atoms with E-state index in [1.807, 2.05) is 48.5 Å². The molecule has 0 aliphatic rings. The van der Waals surface area contributed by atoms with Gasteiger partial charge in [-0.3, -0.25) is 0 Å². The molecule has 0 saturated carbocycles. The van der Waals surface area contributed by atoms with Gasteiger partial charge in [0, 0.05) is 10.9 Å². The Balaban J connectivity index is 2.22. The molecule has 3 aromatic rings. The summed E-state index contributed by atoms with van der Waals surface area (Å²) < 4.78 is 5.16. The lowest BCUT2D eigenvalue weighted by Gasteiger charge is -2.07. The highest BCUT2D eigenvalue weighted by molar-refractivity contribution is 5.93. The van der Waals surface area contributed by atoms with E-state index < -0.39 is 0 Å². The van der Waals surface area contributed by atoms with Crippen LogP contribution in [0.5, 0.6) is 5.75 Å². The summed E-state index contributed by atoms with van der Waals surface area (Å²) in [4.78, 5) is 8.59. The molecule has 0 aliphatic heterocycles. The second-order valence-corrected chi connectivity index (χ2v) is 4.18. The molecular formula is C15H13N3O. The van der Waals surface area contributed by atoms with Crippen LogP contribution in [-0.4, -0.2) is 17.1 Å². The van der Waals surface area contributed by atoms with Gasteiger partial charge in [0.2, 0.25) is 5.95 Å². The van der Waals surface area contributed by atoms with Crippen molar-refractivity contribution in [1.82, 2.24) is 9.97 Å². The van der Waals surface area contributed by atoms with Gasteiger partial charge >= 0.3 is 0 Å². The van der Waals surface area contributed by atoms with Crippen molar-refractivity contribution in [3.05, 3.63) is 48.5 Å². The van der Waals surface area contributed by atoms with Crippen LogP contribution in [0.15, 0.2) is 48.5 Å². The number of benzene rings is 2. The van der Waals surface area contributed by atoms with E-state index in [2.05, 4.69) is 9.97 Å². The molecule has 0 atom stereocenters. The van der Waals surface area contributed by atoms with Gasteiger partial charge in [0.1, 0.15) is 5.75 Å². The van der Waals surface area contributed by atoms with Gasteiger partial charge in [-0.15, -0.1) is 0 Å². The first-order chi connectivity index (χ1) is 9.28. The lowest BCUT2D eigenvalue weighted by molar-refractivity contribution is 0.415. The summed E-state index contributed by atoms with van der Waals surface area (Å²) in [5.74, 6) is 1.10. The summed E-state index contributed by atoms with van der Waals surface area (Å²) in [6.45, 7) is 0. The van der Waals surface area contributed by atoms with Crippen LogP contribution in [-0.2, 0) is 0 Å². The molecule has 3 rings (SSSR count). The van der Waals surface area contributed by atoms with E-state index in [0.717, 1.165) is 27.9 Å². The molecule has 0 aliphatic carbocycles. The summed E-state index contributed by atoms with van der Waals surface area (Å²) in [7, 11) is 1.65. The lowest BCUT2D eigenvalue weighted by atomic mass is 10.1. The van der Waals surface area contributed by atoms with E-state index >= 15 is 0 Å². The van der Waals surface area contributed by atoms with Crippen LogP contribution in [0.25, 0.3) is 22.2 Å². The Morgan fingerprint density at radius 1 is 0.947 bits per heavy atom. The van der Waals surface area contributed by atoms with Crippen molar-refractivity contribution >= 4 is 16.9 Å². The average molecular weight is 251 g/mol. The first-order valence-corrected chi connectivity index (χ1v) is 5.94. The topological polar surface area (TPSA) is 61.0 Å². The lowest BCUT2D eigenvalue weighted by Crippen LogP contribution is -1.98. The summed E-state index contributed by atoms with van der Waals surface area (Å²) in [6.07, 6.45) is 0. The van der Waals surface area contributed by atoms with Crippen molar-refractivity contribution < 1.29 is 4.74 Å². The number of nitrogens with zero attached hydrogens (tertiary/aromatic N) is 2. The van der Waals surface area contributed by atoms with Crippen LogP contribution >= 0.6 is 0 Å². The third-order valence-corrected chi connectivity index (χ3v) is 2.98. The zero-order valence-electron chi connectivity index (χ0n) is 10.5. The van der Waals surface area contributed by atoms with Gasteiger partial charge in [-0.25, -0.2) is 9.97 Å². The van der Waals surface area contributed by atoms with E-state index in [-0.39, 0.29) is 5.95 Å². The minimum atomic E-state index is 0.282. The van der Waals surface area contributed by atoms with Crippen molar-refractivity contribution in [3.8, 4) is 17.0 Å². The molecule has 2 aromatic carbocycles. The second kappa shape index (κ2) is 4.57. The van der Waals surface area contributed by atoms with Gasteiger partial charge < -0.3 is 10.5 Å². The first kappa shape index (κ1) is 11.5. The Hall–Kier alpha value is -2.62. The van der Waals surface area contributed by atoms with E-state index in [9.17, 15) is 0 Å². The number of anilines is 1. The maximum absolute atomic E-state index is 5.77. The highest BCUT2D eigenvalue weighted by Crippen LogP contribution is 2.27. The van der Waals surface area contributed by atoms with Crippen LogP contribution in [0, 0.1) is 0 Å². The first-order valence-electron chi connectivity index (χ1n) is 5.94. The van der Waals surface area contributed by atoms with Crippen molar-refractivity contribution in [1.29, 1.82) is 0 Å². The Morgan fingerprint density at radius 2 is 1.68 bits per heavy atom. The second-order valence-electron chi connectivity index (χ2n) is 4.18. The molecule has 94 valence electrons. The van der Waals surface area contributed by atoms with Crippen molar-refractivity contribution in [2.45, 2.75) is 0 Å². The Labute approximate surface area is 110 Å². The quantitative estimate of drug-likeness (QED) is 0.760. The minimum absolute atomic E-state index is 0.282. The number of fused-ring (bicyclic) bond motifs is 1. The Morgan fingerprint density at radius 3 is 2.42 bits per heavy atom. The molecule has 0 bridgehead atoms. The molecule has 1 aromatic heterocycles. The molecule has 0 spiro atoms. The average Bonchev–Trinajstić information content (AvgIpc) is 2.46. The fourth-order valence-electron chi connectivity index (χ4n) is 2.06. The Kier molecular flexibility index (Phi) is 2.76. The van der Waals surface area contributed by atoms with Crippen LogP contribution in [0.4, 0.5) is 5.95 Å². The molecule has 0 amide bonds. The number of methoxy groups -OCH3 is 1. The van der Waals surface area contributed by atoms with Crippen LogP contribution < -0.4 is 10.5 Å². The molecule has 0 saturated heterocycles. The SMILES string of the molecule is COc1ccc(-c2nc(N)nc3ccccc23)cc1. The maximum atomic E-state index is 5.77. The molecule has 4 nitrogen and oxygen atoms in total. The van der Waals surface area contributed by atoms with Gasteiger partial charge in [0.15, 0.2) is 0 Å². The zero-order valence-corrected chi connectivity index (χ0v) is 10.5. The highest BCUT2D eigenvalue weighted by Gasteiger charge is 2.08. The van der Waals surface area contributed by atoms with E-state index in [0.29, 0.717) is 0 Å². The standard InChI is InChI=1S/C15H13N3O/c1-19-11-8-6-10(7-9-11)14-12-4-2-3-5-13(12)17-15(16)18-14/h2-9H,1H3,(H2,16,17,18). The van der Waals surface area contributed by atoms with Crippen molar-refractivity contribution in [3.63, 3.8) is 0 Å². The normalized spacial score (nSPS) is 10.6. The third kappa shape index (κ3) is 2.08. The number of para-hydroxylation sites is 1. The monoisotopic (exact) mass is 251 g/mol. The molecule has 0 fully saturated rings. The number of hydrogen-bond donors (Lipinski definition) is 1. The van der Waals surface area contributed by atoms with Crippen molar-refractivity contribution in [2.75, 3.05) is 12.8 Å². The molecule has 2 N–H and O–H groups in total. The van der Waals surface area contributed by atoms with Gasteiger partial charge in [-0.05, 0) is 30.3 Å². The number of nitrogen functional groups attached to an aromatic ring is 1. The fraction of sp³-hybridized carbons (Fsp3) is 0.0667. The summed E-state index contributed by atoms with van der Waals surface area (Å²) in [5.41, 5.74) is 8.45. The molecule has 19 heavy (non-hydrogen) atoms. The highest BCUT2D eigenvalue weighted by atomic mass is 16.5. The summed E-state index contributed by atoms with van der Waals surface area (Å²) in [6, 6.07) is 15.6. The Bertz CT molecular complexity index is 723. The fourth-order valence-corrected chi connectivity index (χ4v) is 2.06. The third-order valence-electron chi connectivity index (χ3n) is 2.98. The van der Waals surface area contributed by atoms with Gasteiger partial charge in [-0.2, -0.15) is 0 Å². The number of rotatable bonds is 2. The van der Waals surface area contributed by atoms with Crippen molar-refractivity contribution in [2.24, 2.45) is 0 Å².